The van der Waals surface area contributed by atoms with Crippen molar-refractivity contribution in [1.29, 1.82) is 0 Å². The van der Waals surface area contributed by atoms with Crippen molar-refractivity contribution in [3.63, 3.8) is 0 Å². The van der Waals surface area contributed by atoms with Gasteiger partial charge in [0.2, 0.25) is 5.91 Å². The number of rotatable bonds is 7. The summed E-state index contributed by atoms with van der Waals surface area (Å²) in [5.74, 6) is -0.320. The number of ether oxygens (including phenoxy) is 1. The molecule has 2 N–H and O–H groups in total. The Kier molecular flexibility index (Phi) is 6.08. The molecule has 0 radical (unpaired) electrons. The minimum absolute atomic E-state index is 0.0362. The van der Waals surface area contributed by atoms with Gasteiger partial charge in [-0.05, 0) is 49.9 Å². The Morgan fingerprint density at radius 2 is 2.12 bits per heavy atom. The van der Waals surface area contributed by atoms with Crippen molar-refractivity contribution < 1.29 is 13.9 Å². The molecule has 136 valence electrons. The number of aryl methyl sites for hydroxylation is 1. The molecular formula is C20H27FN2O2. The van der Waals surface area contributed by atoms with Gasteiger partial charge in [-0.15, -0.1) is 0 Å². The third kappa shape index (κ3) is 4.82. The molecular weight excluding hydrogens is 319 g/mol. The number of benzene rings is 1. The number of halogens is 1. The molecule has 1 aliphatic carbocycles. The first-order chi connectivity index (χ1) is 12.1. The van der Waals surface area contributed by atoms with E-state index in [0.29, 0.717) is 19.3 Å². The summed E-state index contributed by atoms with van der Waals surface area (Å²) in [6, 6.07) is 4.62. The van der Waals surface area contributed by atoms with E-state index in [1.807, 2.05) is 6.92 Å². The van der Waals surface area contributed by atoms with Gasteiger partial charge in [0.15, 0.2) is 0 Å². The molecule has 0 spiro atoms. The normalized spacial score (nSPS) is 15.6. The predicted molar refractivity (Wildman–Crippen MR) is 97.1 cm³/mol. The monoisotopic (exact) mass is 346 g/mol. The zero-order valence-corrected chi connectivity index (χ0v) is 14.9. The van der Waals surface area contributed by atoms with Crippen LogP contribution in [-0.4, -0.2) is 30.1 Å². The van der Waals surface area contributed by atoms with E-state index in [2.05, 4.69) is 10.3 Å². The fraction of sp³-hybridized carbons (Fsp3) is 0.550. The highest BCUT2D eigenvalue weighted by Gasteiger charge is 2.14. The van der Waals surface area contributed by atoms with E-state index < -0.39 is 0 Å². The lowest BCUT2D eigenvalue weighted by atomic mass is 9.98. The van der Waals surface area contributed by atoms with E-state index >= 15 is 0 Å². The van der Waals surface area contributed by atoms with E-state index in [1.54, 1.807) is 6.07 Å². The molecule has 5 heteroatoms. The minimum Gasteiger partial charge on any atom is -0.378 e. The molecule has 0 atom stereocenters. The number of hydrogen-bond donors (Lipinski definition) is 2. The van der Waals surface area contributed by atoms with Gasteiger partial charge in [0.1, 0.15) is 5.82 Å². The van der Waals surface area contributed by atoms with Crippen LogP contribution in [0.5, 0.6) is 0 Å². The lowest BCUT2D eigenvalue weighted by Gasteiger charge is -2.21. The Balaban J connectivity index is 1.43. The smallest absolute Gasteiger partial charge is 0.224 e. The van der Waals surface area contributed by atoms with Crippen LogP contribution >= 0.6 is 0 Å². The highest BCUT2D eigenvalue weighted by atomic mass is 19.1. The van der Waals surface area contributed by atoms with E-state index in [0.717, 1.165) is 28.6 Å². The van der Waals surface area contributed by atoms with Gasteiger partial charge in [0.05, 0.1) is 12.5 Å². The molecule has 1 saturated carbocycles. The van der Waals surface area contributed by atoms with Crippen LogP contribution in [0.3, 0.4) is 0 Å². The van der Waals surface area contributed by atoms with Crippen LogP contribution in [0.2, 0.25) is 0 Å². The molecule has 1 amide bonds. The average Bonchev–Trinajstić information content (AvgIpc) is 2.91. The number of H-pyrrole nitrogens is 1. The molecule has 3 rings (SSSR count). The maximum Gasteiger partial charge on any atom is 0.224 e. The number of amides is 1. The third-order valence-electron chi connectivity index (χ3n) is 4.97. The zero-order valence-electron chi connectivity index (χ0n) is 14.9. The van der Waals surface area contributed by atoms with Crippen LogP contribution < -0.4 is 5.32 Å². The number of carbonyl (C=O) groups is 1. The molecule has 4 nitrogen and oxygen atoms in total. The van der Waals surface area contributed by atoms with Gasteiger partial charge in [-0.25, -0.2) is 4.39 Å². The first kappa shape index (κ1) is 17.9. The summed E-state index contributed by atoms with van der Waals surface area (Å²) in [5.41, 5.74) is 2.64. The van der Waals surface area contributed by atoms with Gasteiger partial charge in [0, 0.05) is 29.7 Å². The Labute approximate surface area is 148 Å². The second-order valence-electron chi connectivity index (χ2n) is 6.93. The molecule has 1 aromatic carbocycles. The molecule has 0 unspecified atom stereocenters. The molecule has 1 aromatic heterocycles. The number of hydrogen-bond acceptors (Lipinski definition) is 2. The summed E-state index contributed by atoms with van der Waals surface area (Å²) in [6.07, 6.45) is 7.70. The standard InChI is InChI=1S/C20H27FN2O2/c1-14-17(18-12-15(21)8-9-19(18)23-14)13-20(24)22-10-5-11-25-16-6-3-2-4-7-16/h8-9,12,16,23H,2-7,10-11,13H2,1H3,(H,22,24). The van der Waals surface area contributed by atoms with Gasteiger partial charge in [-0.2, -0.15) is 0 Å². The SMILES string of the molecule is Cc1[nH]c2ccc(F)cc2c1CC(=O)NCCCOC1CCCCC1. The van der Waals surface area contributed by atoms with Crippen molar-refractivity contribution in [2.75, 3.05) is 13.2 Å². The van der Waals surface area contributed by atoms with E-state index in [4.69, 9.17) is 4.74 Å². The number of aromatic amines is 1. The van der Waals surface area contributed by atoms with E-state index in [1.165, 1.54) is 44.2 Å². The summed E-state index contributed by atoms with van der Waals surface area (Å²) in [6.45, 7) is 3.22. The van der Waals surface area contributed by atoms with Crippen LogP contribution in [-0.2, 0) is 16.0 Å². The molecule has 0 bridgehead atoms. The largest absolute Gasteiger partial charge is 0.378 e. The predicted octanol–water partition coefficient (Wildman–Crippen LogP) is 4.01. The first-order valence-corrected chi connectivity index (χ1v) is 9.28. The highest BCUT2D eigenvalue weighted by Crippen LogP contribution is 2.23. The number of aromatic nitrogens is 1. The molecule has 1 aliphatic rings. The number of nitrogens with one attached hydrogen (secondary N) is 2. The summed E-state index contributed by atoms with van der Waals surface area (Å²) >= 11 is 0. The Morgan fingerprint density at radius 3 is 2.92 bits per heavy atom. The van der Waals surface area contributed by atoms with Crippen molar-refractivity contribution in [1.82, 2.24) is 10.3 Å². The van der Waals surface area contributed by atoms with Crippen molar-refractivity contribution >= 4 is 16.8 Å². The Bertz CT molecular complexity index is 720. The summed E-state index contributed by atoms with van der Waals surface area (Å²) in [5, 5.41) is 3.72. The van der Waals surface area contributed by atoms with Gasteiger partial charge in [-0.3, -0.25) is 4.79 Å². The van der Waals surface area contributed by atoms with Crippen LogP contribution in [0.1, 0.15) is 49.8 Å². The molecule has 0 aliphatic heterocycles. The molecule has 1 heterocycles. The van der Waals surface area contributed by atoms with Gasteiger partial charge >= 0.3 is 0 Å². The maximum absolute atomic E-state index is 13.5. The summed E-state index contributed by atoms with van der Waals surface area (Å²) in [4.78, 5) is 15.4. The van der Waals surface area contributed by atoms with Gasteiger partial charge < -0.3 is 15.0 Å². The van der Waals surface area contributed by atoms with Gasteiger partial charge in [0.25, 0.3) is 0 Å². The summed E-state index contributed by atoms with van der Waals surface area (Å²) < 4.78 is 19.3. The van der Waals surface area contributed by atoms with Crippen LogP contribution in [0, 0.1) is 12.7 Å². The highest BCUT2D eigenvalue weighted by molar-refractivity contribution is 5.90. The maximum atomic E-state index is 13.5. The topological polar surface area (TPSA) is 54.1 Å². The molecule has 1 fully saturated rings. The van der Waals surface area contributed by atoms with Gasteiger partial charge in [-0.1, -0.05) is 19.3 Å². The average molecular weight is 346 g/mol. The van der Waals surface area contributed by atoms with Crippen molar-refractivity contribution in [2.45, 2.75) is 58.0 Å². The van der Waals surface area contributed by atoms with E-state index in [-0.39, 0.29) is 18.1 Å². The number of carbonyl (C=O) groups excluding carboxylic acids is 1. The summed E-state index contributed by atoms with van der Waals surface area (Å²) in [7, 11) is 0. The lowest BCUT2D eigenvalue weighted by Crippen LogP contribution is -2.27. The fourth-order valence-electron chi connectivity index (χ4n) is 3.59. The van der Waals surface area contributed by atoms with Crippen molar-refractivity contribution in [2.24, 2.45) is 0 Å². The van der Waals surface area contributed by atoms with Crippen LogP contribution in [0.25, 0.3) is 10.9 Å². The second-order valence-corrected chi connectivity index (χ2v) is 6.93. The van der Waals surface area contributed by atoms with Crippen LogP contribution in [0.4, 0.5) is 4.39 Å². The second kappa shape index (κ2) is 8.48. The van der Waals surface area contributed by atoms with Crippen molar-refractivity contribution in [3.05, 3.63) is 35.3 Å². The molecule has 2 aromatic rings. The number of fused-ring (bicyclic) bond motifs is 1. The van der Waals surface area contributed by atoms with Crippen LogP contribution in [0.15, 0.2) is 18.2 Å². The van der Waals surface area contributed by atoms with E-state index in [9.17, 15) is 9.18 Å². The van der Waals surface area contributed by atoms with Crippen molar-refractivity contribution in [3.8, 4) is 0 Å². The first-order valence-electron chi connectivity index (χ1n) is 9.28. The molecule has 0 saturated heterocycles. The Hall–Kier alpha value is -1.88. The fourth-order valence-corrected chi connectivity index (χ4v) is 3.59. The third-order valence-corrected chi connectivity index (χ3v) is 4.97. The molecule has 25 heavy (non-hydrogen) atoms. The quantitative estimate of drug-likeness (QED) is 0.744. The Morgan fingerprint density at radius 1 is 1.32 bits per heavy atom. The zero-order chi connectivity index (χ0) is 17.6. The lowest BCUT2D eigenvalue weighted by molar-refractivity contribution is -0.120. The minimum atomic E-state index is -0.284.